The molecule has 0 heterocycles. The third-order valence-corrected chi connectivity index (χ3v) is 4.51. The first kappa shape index (κ1) is 26.7. The van der Waals surface area contributed by atoms with Crippen LogP contribution in [0.2, 0.25) is 0 Å². The summed E-state index contributed by atoms with van der Waals surface area (Å²) >= 11 is 0. The van der Waals surface area contributed by atoms with Gasteiger partial charge in [0.1, 0.15) is 0 Å². The van der Waals surface area contributed by atoms with Crippen molar-refractivity contribution in [2.75, 3.05) is 13.1 Å². The molecule has 0 aromatic carbocycles. The highest BCUT2D eigenvalue weighted by molar-refractivity contribution is 5.63. The van der Waals surface area contributed by atoms with Gasteiger partial charge in [0.2, 0.25) is 0 Å². The number of aliphatic carboxylic acids is 1. The zero-order valence-electron chi connectivity index (χ0n) is 17.6. The third kappa shape index (κ3) is 31.7. The molecule has 152 valence electrons. The second-order valence-electron chi connectivity index (χ2n) is 7.23. The van der Waals surface area contributed by atoms with Gasteiger partial charge in [0.05, 0.1) is 13.1 Å². The summed E-state index contributed by atoms with van der Waals surface area (Å²) in [4.78, 5) is 10.1. The zero-order valence-corrected chi connectivity index (χ0v) is 17.6. The van der Waals surface area contributed by atoms with Crippen molar-refractivity contribution in [2.45, 2.75) is 124 Å². The molecule has 0 radical (unpaired) electrons. The Morgan fingerprint density at radius 3 is 1.36 bits per heavy atom. The minimum atomic E-state index is -0.909. The van der Waals surface area contributed by atoms with Crippen molar-refractivity contribution in [3.63, 3.8) is 0 Å². The summed E-state index contributed by atoms with van der Waals surface area (Å²) < 4.78 is 0. The first-order valence-electron chi connectivity index (χ1n) is 11.2. The Morgan fingerprint density at radius 1 is 0.600 bits per heavy atom. The maximum Gasteiger partial charge on any atom is 0.0755 e. The van der Waals surface area contributed by atoms with E-state index in [-0.39, 0.29) is 6.42 Å². The lowest BCUT2D eigenvalue weighted by atomic mass is 10.1. The van der Waals surface area contributed by atoms with Gasteiger partial charge in [0, 0.05) is 5.97 Å². The average Bonchev–Trinajstić information content (AvgIpc) is 2.60. The van der Waals surface area contributed by atoms with E-state index < -0.39 is 5.97 Å². The monoisotopic (exact) mass is 357 g/mol. The lowest BCUT2D eigenvalue weighted by Crippen LogP contribution is -2.84. The molecular weight excluding hydrogens is 310 g/mol. The van der Waals surface area contributed by atoms with E-state index in [0.29, 0.717) is 0 Å². The van der Waals surface area contributed by atoms with Gasteiger partial charge in [-0.2, -0.15) is 0 Å². The molecule has 0 saturated heterocycles. The molecule has 2 N–H and O–H groups in total. The SMILES string of the molecule is CCCCCCCCCCCC(=O)[O-].CCCCC[NH2+]CCCCC. The van der Waals surface area contributed by atoms with Gasteiger partial charge >= 0.3 is 0 Å². The average molecular weight is 358 g/mol. The number of rotatable bonds is 18. The minimum Gasteiger partial charge on any atom is -0.550 e. The number of carbonyl (C=O) groups is 1. The summed E-state index contributed by atoms with van der Waals surface area (Å²) in [7, 11) is 0. The van der Waals surface area contributed by atoms with Crippen molar-refractivity contribution in [3.05, 3.63) is 0 Å². The molecule has 0 unspecified atom stereocenters. The number of unbranched alkanes of at least 4 members (excludes halogenated alkanes) is 12. The number of carboxylic acid groups (broad SMARTS) is 1. The Morgan fingerprint density at radius 2 is 0.960 bits per heavy atom. The molecule has 0 aliphatic heterocycles. The predicted molar refractivity (Wildman–Crippen MR) is 108 cm³/mol. The number of carbonyl (C=O) groups excluding carboxylic acids is 1. The van der Waals surface area contributed by atoms with Gasteiger partial charge in [0.15, 0.2) is 0 Å². The molecular formula is C22H47NO2. The van der Waals surface area contributed by atoms with Crippen LogP contribution in [0, 0.1) is 0 Å². The van der Waals surface area contributed by atoms with Gasteiger partial charge in [-0.3, -0.25) is 0 Å². The fourth-order valence-corrected chi connectivity index (χ4v) is 2.80. The second-order valence-corrected chi connectivity index (χ2v) is 7.23. The number of hydrogen-bond acceptors (Lipinski definition) is 2. The van der Waals surface area contributed by atoms with E-state index in [0.717, 1.165) is 12.8 Å². The van der Waals surface area contributed by atoms with E-state index in [1.165, 1.54) is 96.6 Å². The van der Waals surface area contributed by atoms with Crippen LogP contribution < -0.4 is 10.4 Å². The van der Waals surface area contributed by atoms with E-state index in [9.17, 15) is 9.90 Å². The molecule has 0 aliphatic rings. The molecule has 3 heteroatoms. The largest absolute Gasteiger partial charge is 0.550 e. The lowest BCUT2D eigenvalue weighted by molar-refractivity contribution is -0.655. The van der Waals surface area contributed by atoms with Crippen LogP contribution in [-0.4, -0.2) is 19.1 Å². The highest BCUT2D eigenvalue weighted by atomic mass is 16.4. The van der Waals surface area contributed by atoms with Crippen LogP contribution in [0.1, 0.15) is 124 Å². The van der Waals surface area contributed by atoms with Crippen LogP contribution in [0.25, 0.3) is 0 Å². The summed E-state index contributed by atoms with van der Waals surface area (Å²) in [5.41, 5.74) is 0. The normalized spacial score (nSPS) is 10.4. The van der Waals surface area contributed by atoms with E-state index in [2.05, 4.69) is 26.1 Å². The molecule has 0 aromatic rings. The number of nitrogens with two attached hydrogens (primary N) is 1. The van der Waals surface area contributed by atoms with Crippen molar-refractivity contribution in [3.8, 4) is 0 Å². The number of quaternary nitrogens is 1. The van der Waals surface area contributed by atoms with Crippen LogP contribution in [-0.2, 0) is 4.79 Å². The Bertz CT molecular complexity index is 236. The quantitative estimate of drug-likeness (QED) is 0.365. The van der Waals surface area contributed by atoms with Gasteiger partial charge in [-0.15, -0.1) is 0 Å². The zero-order chi connectivity index (χ0) is 19.0. The third-order valence-electron chi connectivity index (χ3n) is 4.51. The fraction of sp³-hybridized carbons (Fsp3) is 0.955. The maximum atomic E-state index is 10.1. The minimum absolute atomic E-state index is 0.232. The summed E-state index contributed by atoms with van der Waals surface area (Å²) in [5.74, 6) is -0.909. The van der Waals surface area contributed by atoms with Crippen molar-refractivity contribution >= 4 is 5.97 Å². The van der Waals surface area contributed by atoms with Gasteiger partial charge in [-0.05, 0) is 38.5 Å². The molecule has 0 aliphatic carbocycles. The topological polar surface area (TPSA) is 56.7 Å². The van der Waals surface area contributed by atoms with Gasteiger partial charge in [-0.25, -0.2) is 0 Å². The van der Waals surface area contributed by atoms with E-state index >= 15 is 0 Å². The molecule has 0 aromatic heterocycles. The lowest BCUT2D eigenvalue weighted by Gasteiger charge is -2.02. The van der Waals surface area contributed by atoms with Crippen molar-refractivity contribution in [1.29, 1.82) is 0 Å². The molecule has 0 fully saturated rings. The summed E-state index contributed by atoms with van der Waals surface area (Å²) in [5, 5.41) is 12.6. The molecule has 0 saturated carbocycles. The van der Waals surface area contributed by atoms with Crippen LogP contribution in [0.15, 0.2) is 0 Å². The summed E-state index contributed by atoms with van der Waals surface area (Å²) in [6.45, 7) is 9.43. The van der Waals surface area contributed by atoms with Crippen LogP contribution in [0.4, 0.5) is 0 Å². The number of hydrogen-bond donors (Lipinski definition) is 1. The molecule has 0 spiro atoms. The molecule has 25 heavy (non-hydrogen) atoms. The van der Waals surface area contributed by atoms with E-state index in [4.69, 9.17) is 0 Å². The Hall–Kier alpha value is -0.570. The number of carboxylic acids is 1. The Balaban J connectivity index is 0. The van der Waals surface area contributed by atoms with Gasteiger partial charge in [0.25, 0.3) is 0 Å². The molecule has 0 amide bonds. The molecule has 3 nitrogen and oxygen atoms in total. The standard InChI is InChI=1S/C12H24O2.C10H23N/c1-2-3-4-5-6-7-8-9-10-11-12(13)14;1-3-5-7-9-11-10-8-6-4-2/h2-11H2,1H3,(H,13,14);11H,3-10H2,1-2H3. The predicted octanol–water partition coefficient (Wildman–Crippen LogP) is 4.59. The first-order chi connectivity index (χ1) is 12.2. The summed E-state index contributed by atoms with van der Waals surface area (Å²) in [6.07, 6.45) is 19.5. The van der Waals surface area contributed by atoms with Crippen LogP contribution >= 0.6 is 0 Å². The highest BCUT2D eigenvalue weighted by Crippen LogP contribution is 2.10. The smallest absolute Gasteiger partial charge is 0.0755 e. The van der Waals surface area contributed by atoms with Crippen LogP contribution in [0.3, 0.4) is 0 Å². The molecule has 0 atom stereocenters. The first-order valence-corrected chi connectivity index (χ1v) is 11.2. The second kappa shape index (κ2) is 25.7. The van der Waals surface area contributed by atoms with Gasteiger partial charge < -0.3 is 15.2 Å². The highest BCUT2D eigenvalue weighted by Gasteiger charge is 1.92. The molecule has 0 rings (SSSR count). The van der Waals surface area contributed by atoms with Crippen molar-refractivity contribution < 1.29 is 15.2 Å². The Labute approximate surface area is 158 Å². The van der Waals surface area contributed by atoms with E-state index in [1.54, 1.807) is 0 Å². The van der Waals surface area contributed by atoms with E-state index in [1.807, 2.05) is 0 Å². The van der Waals surface area contributed by atoms with Crippen molar-refractivity contribution in [2.24, 2.45) is 0 Å². The fourth-order valence-electron chi connectivity index (χ4n) is 2.80. The molecule has 0 bridgehead atoms. The van der Waals surface area contributed by atoms with Crippen LogP contribution in [0.5, 0.6) is 0 Å². The van der Waals surface area contributed by atoms with Gasteiger partial charge in [-0.1, -0.05) is 85.0 Å². The van der Waals surface area contributed by atoms with Crippen molar-refractivity contribution in [1.82, 2.24) is 0 Å². The summed E-state index contributed by atoms with van der Waals surface area (Å²) in [6, 6.07) is 0. The maximum absolute atomic E-state index is 10.1. The Kier molecular flexibility index (Phi) is 27.4.